The molecule has 0 bridgehead atoms. The van der Waals surface area contributed by atoms with Crippen molar-refractivity contribution in [3.8, 4) is 0 Å². The van der Waals surface area contributed by atoms with Gasteiger partial charge in [-0.2, -0.15) is 0 Å². The molecular formula is C14H21Cl2N. The van der Waals surface area contributed by atoms with Gasteiger partial charge in [0.15, 0.2) is 0 Å². The van der Waals surface area contributed by atoms with Crippen LogP contribution in [0.15, 0.2) is 18.2 Å². The molecule has 1 N–H and O–H groups in total. The standard InChI is InChI=1S/C14H21Cl2N/c1-4-17-9-11(10(2)3)8-12-13(15)6-5-7-14(12)16/h5-7,10-11,17H,4,8-9H2,1-3H3. The number of rotatable bonds is 6. The van der Waals surface area contributed by atoms with E-state index in [2.05, 4.69) is 26.1 Å². The fraction of sp³-hybridized carbons (Fsp3) is 0.571. The predicted molar refractivity (Wildman–Crippen MR) is 77.0 cm³/mol. The van der Waals surface area contributed by atoms with Crippen LogP contribution in [0, 0.1) is 11.8 Å². The van der Waals surface area contributed by atoms with Crippen molar-refractivity contribution in [2.24, 2.45) is 11.8 Å². The molecule has 96 valence electrons. The van der Waals surface area contributed by atoms with Gasteiger partial charge in [0.25, 0.3) is 0 Å². The third-order valence-electron chi connectivity index (χ3n) is 3.13. The van der Waals surface area contributed by atoms with Crippen LogP contribution in [0.2, 0.25) is 10.0 Å². The lowest BCUT2D eigenvalue weighted by molar-refractivity contribution is 0.364. The number of benzene rings is 1. The zero-order valence-corrected chi connectivity index (χ0v) is 12.3. The molecule has 0 heterocycles. The van der Waals surface area contributed by atoms with Crippen molar-refractivity contribution in [2.45, 2.75) is 27.2 Å². The molecule has 1 aromatic carbocycles. The molecule has 0 radical (unpaired) electrons. The first-order chi connectivity index (χ1) is 8.06. The lowest BCUT2D eigenvalue weighted by Gasteiger charge is -2.22. The number of hydrogen-bond acceptors (Lipinski definition) is 1. The summed E-state index contributed by atoms with van der Waals surface area (Å²) in [5.41, 5.74) is 1.08. The van der Waals surface area contributed by atoms with Gasteiger partial charge in [0.05, 0.1) is 0 Å². The zero-order chi connectivity index (χ0) is 12.8. The minimum absolute atomic E-state index is 0.562. The summed E-state index contributed by atoms with van der Waals surface area (Å²) in [7, 11) is 0. The summed E-state index contributed by atoms with van der Waals surface area (Å²) in [5.74, 6) is 1.17. The van der Waals surface area contributed by atoms with Gasteiger partial charge < -0.3 is 5.32 Å². The summed E-state index contributed by atoms with van der Waals surface area (Å²) >= 11 is 12.4. The molecule has 0 saturated heterocycles. The molecule has 1 aromatic rings. The van der Waals surface area contributed by atoms with Crippen molar-refractivity contribution in [1.82, 2.24) is 5.32 Å². The molecule has 3 heteroatoms. The highest BCUT2D eigenvalue weighted by atomic mass is 35.5. The second kappa shape index (κ2) is 7.25. The van der Waals surface area contributed by atoms with E-state index in [0.29, 0.717) is 11.8 Å². The van der Waals surface area contributed by atoms with Crippen molar-refractivity contribution in [3.63, 3.8) is 0 Å². The number of halogens is 2. The van der Waals surface area contributed by atoms with E-state index in [1.54, 1.807) is 0 Å². The summed E-state index contributed by atoms with van der Waals surface area (Å²) in [4.78, 5) is 0. The van der Waals surface area contributed by atoms with Crippen LogP contribution in [0.25, 0.3) is 0 Å². The van der Waals surface area contributed by atoms with Crippen molar-refractivity contribution in [2.75, 3.05) is 13.1 Å². The van der Waals surface area contributed by atoms with Gasteiger partial charge in [0.1, 0.15) is 0 Å². The first-order valence-corrected chi connectivity index (χ1v) is 6.95. The molecule has 1 atom stereocenters. The lowest BCUT2D eigenvalue weighted by Crippen LogP contribution is -2.27. The van der Waals surface area contributed by atoms with Crippen LogP contribution in [0.1, 0.15) is 26.3 Å². The van der Waals surface area contributed by atoms with Crippen molar-refractivity contribution in [3.05, 3.63) is 33.8 Å². The minimum atomic E-state index is 0.562. The zero-order valence-electron chi connectivity index (χ0n) is 10.8. The molecular weight excluding hydrogens is 253 g/mol. The Morgan fingerprint density at radius 2 is 1.76 bits per heavy atom. The molecule has 1 nitrogen and oxygen atoms in total. The van der Waals surface area contributed by atoms with Gasteiger partial charge in [-0.25, -0.2) is 0 Å². The fourth-order valence-electron chi connectivity index (χ4n) is 1.86. The van der Waals surface area contributed by atoms with E-state index in [0.717, 1.165) is 35.1 Å². The Balaban J connectivity index is 2.78. The van der Waals surface area contributed by atoms with Crippen molar-refractivity contribution < 1.29 is 0 Å². The SMILES string of the molecule is CCNCC(Cc1c(Cl)cccc1Cl)C(C)C. The molecule has 1 rings (SSSR count). The van der Waals surface area contributed by atoms with Crippen LogP contribution in [-0.4, -0.2) is 13.1 Å². The van der Waals surface area contributed by atoms with E-state index in [9.17, 15) is 0 Å². The van der Waals surface area contributed by atoms with Gasteiger partial charge in [-0.1, -0.05) is 50.0 Å². The molecule has 0 aliphatic rings. The van der Waals surface area contributed by atoms with Crippen LogP contribution < -0.4 is 5.32 Å². The number of hydrogen-bond donors (Lipinski definition) is 1. The third kappa shape index (κ3) is 4.50. The maximum absolute atomic E-state index is 6.21. The molecule has 1 unspecified atom stereocenters. The van der Waals surface area contributed by atoms with Gasteiger partial charge in [-0.05, 0) is 49.0 Å². The monoisotopic (exact) mass is 273 g/mol. The first kappa shape index (κ1) is 14.8. The van der Waals surface area contributed by atoms with Crippen LogP contribution >= 0.6 is 23.2 Å². The summed E-state index contributed by atoms with van der Waals surface area (Å²) in [6, 6.07) is 5.71. The molecule has 0 saturated carbocycles. The Labute approximate surface area is 115 Å². The lowest BCUT2D eigenvalue weighted by atomic mass is 9.89. The second-order valence-corrected chi connectivity index (χ2v) is 5.53. The third-order valence-corrected chi connectivity index (χ3v) is 3.84. The maximum Gasteiger partial charge on any atom is 0.0452 e. The smallest absolute Gasteiger partial charge is 0.0452 e. The average molecular weight is 274 g/mol. The summed E-state index contributed by atoms with van der Waals surface area (Å²) in [6.45, 7) is 8.62. The van der Waals surface area contributed by atoms with E-state index in [4.69, 9.17) is 23.2 Å². The maximum atomic E-state index is 6.21. The summed E-state index contributed by atoms with van der Waals surface area (Å²) in [6.07, 6.45) is 0.934. The molecule has 0 spiro atoms. The van der Waals surface area contributed by atoms with E-state index >= 15 is 0 Å². The minimum Gasteiger partial charge on any atom is -0.317 e. The second-order valence-electron chi connectivity index (χ2n) is 4.72. The van der Waals surface area contributed by atoms with Gasteiger partial charge in [0.2, 0.25) is 0 Å². The Bertz CT molecular complexity index is 330. The van der Waals surface area contributed by atoms with Gasteiger partial charge in [-0.3, -0.25) is 0 Å². The Hall–Kier alpha value is -0.240. The summed E-state index contributed by atoms with van der Waals surface area (Å²) in [5, 5.41) is 4.96. The van der Waals surface area contributed by atoms with Crippen molar-refractivity contribution >= 4 is 23.2 Å². The van der Waals surface area contributed by atoms with Crippen molar-refractivity contribution in [1.29, 1.82) is 0 Å². The molecule has 17 heavy (non-hydrogen) atoms. The van der Waals surface area contributed by atoms with Gasteiger partial charge in [-0.15, -0.1) is 0 Å². The highest BCUT2D eigenvalue weighted by molar-refractivity contribution is 6.35. The fourth-order valence-corrected chi connectivity index (χ4v) is 2.41. The quantitative estimate of drug-likeness (QED) is 0.809. The average Bonchev–Trinajstić information content (AvgIpc) is 2.27. The normalized spacial score (nSPS) is 13.1. The Morgan fingerprint density at radius 3 is 2.24 bits per heavy atom. The summed E-state index contributed by atoms with van der Waals surface area (Å²) < 4.78 is 0. The van der Waals surface area contributed by atoms with E-state index in [1.807, 2.05) is 18.2 Å². The highest BCUT2D eigenvalue weighted by Crippen LogP contribution is 2.28. The molecule has 0 amide bonds. The van der Waals surface area contributed by atoms with E-state index in [-0.39, 0.29) is 0 Å². The number of nitrogens with one attached hydrogen (secondary N) is 1. The van der Waals surface area contributed by atoms with Crippen LogP contribution in [0.4, 0.5) is 0 Å². The highest BCUT2D eigenvalue weighted by Gasteiger charge is 2.16. The van der Waals surface area contributed by atoms with Crippen LogP contribution in [0.5, 0.6) is 0 Å². The van der Waals surface area contributed by atoms with Gasteiger partial charge >= 0.3 is 0 Å². The molecule has 0 aromatic heterocycles. The Kier molecular flexibility index (Phi) is 6.32. The molecule has 0 fully saturated rings. The largest absolute Gasteiger partial charge is 0.317 e. The topological polar surface area (TPSA) is 12.0 Å². The Morgan fingerprint density at radius 1 is 1.18 bits per heavy atom. The van der Waals surface area contributed by atoms with Crippen LogP contribution in [0.3, 0.4) is 0 Å². The first-order valence-electron chi connectivity index (χ1n) is 6.19. The van der Waals surface area contributed by atoms with Crippen LogP contribution in [-0.2, 0) is 6.42 Å². The molecule has 0 aliphatic carbocycles. The predicted octanol–water partition coefficient (Wildman–Crippen LogP) is 4.42. The van der Waals surface area contributed by atoms with Gasteiger partial charge in [0, 0.05) is 10.0 Å². The molecule has 0 aliphatic heterocycles. The van der Waals surface area contributed by atoms with E-state index in [1.165, 1.54) is 0 Å². The van der Waals surface area contributed by atoms with E-state index < -0.39 is 0 Å².